The van der Waals surface area contributed by atoms with E-state index in [1.54, 1.807) is 0 Å². The van der Waals surface area contributed by atoms with Gasteiger partial charge < -0.3 is 4.90 Å². The fourth-order valence-electron chi connectivity index (χ4n) is 2.38. The van der Waals surface area contributed by atoms with Crippen LogP contribution < -0.4 is 0 Å². The van der Waals surface area contributed by atoms with E-state index in [2.05, 4.69) is 0 Å². The normalized spacial score (nSPS) is 20.2. The summed E-state index contributed by atoms with van der Waals surface area (Å²) in [6.07, 6.45) is -4.31. The van der Waals surface area contributed by atoms with Crippen LogP contribution in [-0.2, 0) is 11.2 Å². The third-order valence-electron chi connectivity index (χ3n) is 3.26. The van der Waals surface area contributed by atoms with E-state index in [0.29, 0.717) is 6.42 Å². The Morgan fingerprint density at radius 2 is 2.00 bits per heavy atom. The van der Waals surface area contributed by atoms with Gasteiger partial charge >= 0.3 is 12.1 Å². The van der Waals surface area contributed by atoms with Crippen molar-refractivity contribution >= 4 is 5.91 Å². The molecule has 1 aliphatic rings. The van der Waals surface area contributed by atoms with Gasteiger partial charge in [-0.3, -0.25) is 4.79 Å². The van der Waals surface area contributed by atoms with E-state index in [0.717, 1.165) is 16.0 Å². The van der Waals surface area contributed by atoms with Crippen molar-refractivity contribution in [2.24, 2.45) is 0 Å². The van der Waals surface area contributed by atoms with Crippen molar-refractivity contribution in [3.8, 4) is 0 Å². The van der Waals surface area contributed by atoms with E-state index < -0.39 is 12.1 Å². The van der Waals surface area contributed by atoms with E-state index in [9.17, 15) is 18.0 Å². The molecule has 1 aromatic carbocycles. The summed E-state index contributed by atoms with van der Waals surface area (Å²) in [4.78, 5) is 12.2. The molecule has 18 heavy (non-hydrogen) atoms. The predicted octanol–water partition coefficient (Wildman–Crippen LogP) is 2.74. The standard InChI is InChI=1S/C13H14F3NO/c1-9-8-17(12(18)13(14,15)16)7-6-10-4-2-3-5-11(9)10/h2-5,9H,6-8H2,1H3. The number of carbonyl (C=O) groups excluding carboxylic acids is 1. The molecule has 98 valence electrons. The smallest absolute Gasteiger partial charge is 0.334 e. The van der Waals surface area contributed by atoms with Crippen molar-refractivity contribution in [2.45, 2.75) is 25.4 Å². The van der Waals surface area contributed by atoms with Crippen LogP contribution in [-0.4, -0.2) is 30.1 Å². The molecule has 0 fully saturated rings. The van der Waals surface area contributed by atoms with Gasteiger partial charge in [0.25, 0.3) is 0 Å². The summed E-state index contributed by atoms with van der Waals surface area (Å²) in [6, 6.07) is 7.57. The van der Waals surface area contributed by atoms with E-state index in [-0.39, 0.29) is 19.0 Å². The topological polar surface area (TPSA) is 20.3 Å². The highest BCUT2D eigenvalue weighted by Gasteiger charge is 2.43. The molecule has 1 atom stereocenters. The Labute approximate surface area is 103 Å². The Morgan fingerprint density at radius 1 is 1.33 bits per heavy atom. The van der Waals surface area contributed by atoms with Crippen LogP contribution >= 0.6 is 0 Å². The summed E-state index contributed by atoms with van der Waals surface area (Å²) in [6.45, 7) is 2.09. The molecule has 5 heteroatoms. The fourth-order valence-corrected chi connectivity index (χ4v) is 2.38. The number of hydrogen-bond donors (Lipinski definition) is 0. The number of hydrogen-bond acceptors (Lipinski definition) is 1. The number of alkyl halides is 3. The van der Waals surface area contributed by atoms with Crippen LogP contribution in [0.4, 0.5) is 13.2 Å². The third-order valence-corrected chi connectivity index (χ3v) is 3.26. The zero-order valence-electron chi connectivity index (χ0n) is 10.00. The van der Waals surface area contributed by atoms with Gasteiger partial charge in [0.05, 0.1) is 0 Å². The highest BCUT2D eigenvalue weighted by molar-refractivity contribution is 5.82. The summed E-state index contributed by atoms with van der Waals surface area (Å²) in [5.41, 5.74) is 2.07. The second-order valence-corrected chi connectivity index (χ2v) is 4.60. The number of fused-ring (bicyclic) bond motifs is 1. The summed E-state index contributed by atoms with van der Waals surface area (Å²) >= 11 is 0. The molecule has 0 bridgehead atoms. The third kappa shape index (κ3) is 2.49. The van der Waals surface area contributed by atoms with Gasteiger partial charge in [-0.15, -0.1) is 0 Å². The van der Waals surface area contributed by atoms with Gasteiger partial charge in [-0.25, -0.2) is 0 Å². The minimum atomic E-state index is -4.78. The summed E-state index contributed by atoms with van der Waals surface area (Å²) < 4.78 is 37.3. The number of nitrogens with zero attached hydrogens (tertiary/aromatic N) is 1. The van der Waals surface area contributed by atoms with Gasteiger partial charge in [-0.05, 0) is 23.5 Å². The zero-order valence-corrected chi connectivity index (χ0v) is 10.00. The first kappa shape index (κ1) is 12.9. The van der Waals surface area contributed by atoms with E-state index in [1.807, 2.05) is 31.2 Å². The average Bonchev–Trinajstić information content (AvgIpc) is 2.47. The van der Waals surface area contributed by atoms with E-state index in [1.165, 1.54) is 0 Å². The SMILES string of the molecule is CC1CN(C(=O)C(F)(F)F)CCc2ccccc21. The van der Waals surface area contributed by atoms with Crippen LogP contribution in [0.25, 0.3) is 0 Å². The van der Waals surface area contributed by atoms with Gasteiger partial charge in [-0.1, -0.05) is 31.2 Å². The highest BCUT2D eigenvalue weighted by Crippen LogP contribution is 2.27. The Balaban J connectivity index is 2.22. The average molecular weight is 257 g/mol. The molecule has 1 aromatic rings. The van der Waals surface area contributed by atoms with Crippen LogP contribution in [0.3, 0.4) is 0 Å². The largest absolute Gasteiger partial charge is 0.471 e. The maximum Gasteiger partial charge on any atom is 0.471 e. The van der Waals surface area contributed by atoms with Crippen molar-refractivity contribution < 1.29 is 18.0 Å². The van der Waals surface area contributed by atoms with Crippen LogP contribution in [0.5, 0.6) is 0 Å². The van der Waals surface area contributed by atoms with Crippen molar-refractivity contribution in [3.63, 3.8) is 0 Å². The predicted molar refractivity (Wildman–Crippen MR) is 61.2 cm³/mol. The molecule has 0 radical (unpaired) electrons. The summed E-state index contributed by atoms with van der Waals surface area (Å²) in [5.74, 6) is -1.81. The summed E-state index contributed by atoms with van der Waals surface area (Å²) in [7, 11) is 0. The maximum absolute atomic E-state index is 12.4. The van der Waals surface area contributed by atoms with Gasteiger partial charge in [0.1, 0.15) is 0 Å². The zero-order chi connectivity index (χ0) is 13.3. The van der Waals surface area contributed by atoms with Crippen LogP contribution in [0.1, 0.15) is 24.0 Å². The first-order valence-corrected chi connectivity index (χ1v) is 5.83. The molecular weight excluding hydrogens is 243 g/mol. The Morgan fingerprint density at radius 3 is 2.67 bits per heavy atom. The van der Waals surface area contributed by atoms with E-state index >= 15 is 0 Å². The van der Waals surface area contributed by atoms with Crippen LogP contribution in [0, 0.1) is 0 Å². The minimum absolute atomic E-state index is 0.0741. The quantitative estimate of drug-likeness (QED) is 0.699. The molecule has 2 rings (SSSR count). The molecule has 0 spiro atoms. The Bertz CT molecular complexity index is 456. The molecule has 1 aliphatic heterocycles. The maximum atomic E-state index is 12.4. The highest BCUT2D eigenvalue weighted by atomic mass is 19.4. The molecule has 0 saturated carbocycles. The number of halogens is 3. The molecular formula is C13H14F3NO. The lowest BCUT2D eigenvalue weighted by atomic mass is 9.96. The molecule has 0 aliphatic carbocycles. The van der Waals surface area contributed by atoms with Gasteiger partial charge in [-0.2, -0.15) is 13.2 Å². The monoisotopic (exact) mass is 257 g/mol. The van der Waals surface area contributed by atoms with Crippen LogP contribution in [0.2, 0.25) is 0 Å². The Hall–Kier alpha value is -1.52. The first-order valence-electron chi connectivity index (χ1n) is 5.83. The van der Waals surface area contributed by atoms with E-state index in [4.69, 9.17) is 0 Å². The molecule has 0 saturated heterocycles. The molecule has 2 nitrogen and oxygen atoms in total. The van der Waals surface area contributed by atoms with Gasteiger partial charge in [0.2, 0.25) is 0 Å². The number of benzene rings is 1. The van der Waals surface area contributed by atoms with Crippen molar-refractivity contribution in [1.82, 2.24) is 4.90 Å². The Kier molecular flexibility index (Phi) is 3.32. The minimum Gasteiger partial charge on any atom is -0.334 e. The number of amides is 1. The summed E-state index contributed by atoms with van der Waals surface area (Å²) in [5, 5.41) is 0. The second kappa shape index (κ2) is 4.63. The lowest BCUT2D eigenvalue weighted by Crippen LogP contribution is -2.42. The molecule has 1 amide bonds. The first-order chi connectivity index (χ1) is 8.39. The van der Waals surface area contributed by atoms with Crippen LogP contribution in [0.15, 0.2) is 24.3 Å². The van der Waals surface area contributed by atoms with Crippen molar-refractivity contribution in [2.75, 3.05) is 13.1 Å². The van der Waals surface area contributed by atoms with Crippen molar-refractivity contribution in [3.05, 3.63) is 35.4 Å². The molecule has 0 aromatic heterocycles. The number of carbonyl (C=O) groups is 1. The lowest BCUT2D eigenvalue weighted by Gasteiger charge is -2.23. The van der Waals surface area contributed by atoms with Gasteiger partial charge in [0, 0.05) is 13.1 Å². The fraction of sp³-hybridized carbons (Fsp3) is 0.462. The number of rotatable bonds is 0. The second-order valence-electron chi connectivity index (χ2n) is 4.60. The molecule has 1 unspecified atom stereocenters. The molecule has 0 N–H and O–H groups in total. The molecule has 1 heterocycles. The lowest BCUT2D eigenvalue weighted by molar-refractivity contribution is -0.185. The van der Waals surface area contributed by atoms with Crippen molar-refractivity contribution in [1.29, 1.82) is 0 Å². The van der Waals surface area contributed by atoms with Gasteiger partial charge in [0.15, 0.2) is 0 Å².